The van der Waals surface area contributed by atoms with Gasteiger partial charge < -0.3 is 10.6 Å². The average molecular weight is 477 g/mol. The zero-order chi connectivity index (χ0) is 22.7. The lowest BCUT2D eigenvalue weighted by Crippen LogP contribution is -2.64. The van der Waals surface area contributed by atoms with Gasteiger partial charge in [-0.3, -0.25) is 19.8 Å². The van der Waals surface area contributed by atoms with Gasteiger partial charge in [0.15, 0.2) is 0 Å². The van der Waals surface area contributed by atoms with Gasteiger partial charge in [-0.15, -0.1) is 11.8 Å². The molecule has 0 saturated carbocycles. The first-order valence-corrected chi connectivity index (χ1v) is 12.0. The molecule has 2 aromatic carbocycles. The summed E-state index contributed by atoms with van der Waals surface area (Å²) in [6.07, 6.45) is 0.838. The molecule has 0 bridgehead atoms. The first-order chi connectivity index (χ1) is 15.4. The van der Waals surface area contributed by atoms with Crippen LogP contribution in [-0.2, 0) is 16.1 Å². The molecule has 2 aromatic rings. The molecule has 0 radical (unpaired) electrons. The van der Waals surface area contributed by atoms with Gasteiger partial charge in [-0.2, -0.15) is 0 Å². The molecule has 2 aliphatic heterocycles. The lowest BCUT2D eigenvalue weighted by molar-refractivity contribution is -0.130. The third-order valence-electron chi connectivity index (χ3n) is 5.83. The Balaban J connectivity index is 1.25. The number of hydrogen-bond donors (Lipinski definition) is 3. The molecule has 0 aliphatic carbocycles. The molecule has 2 amide bonds. The van der Waals surface area contributed by atoms with Crippen LogP contribution in [0.25, 0.3) is 0 Å². The molecule has 2 fully saturated rings. The van der Waals surface area contributed by atoms with Crippen LogP contribution in [0, 0.1) is 18.7 Å². The zero-order valence-corrected chi connectivity index (χ0v) is 19.3. The van der Waals surface area contributed by atoms with Crippen molar-refractivity contribution in [1.29, 1.82) is 0 Å². The van der Waals surface area contributed by atoms with E-state index in [9.17, 15) is 14.0 Å². The Bertz CT molecular complexity index is 990. The first-order valence-electron chi connectivity index (χ1n) is 10.6. The number of hydrogen-bond acceptors (Lipinski definition) is 5. The lowest BCUT2D eigenvalue weighted by Gasteiger charge is -2.43. The maximum atomic E-state index is 13.1. The fraction of sp³-hybridized carbons (Fsp3) is 0.391. The Labute approximate surface area is 196 Å². The van der Waals surface area contributed by atoms with Crippen molar-refractivity contribution in [3.8, 4) is 0 Å². The fourth-order valence-electron chi connectivity index (χ4n) is 4.07. The molecule has 2 heterocycles. The minimum Gasteiger partial charge on any atom is -0.331 e. The zero-order valence-electron chi connectivity index (χ0n) is 17.7. The van der Waals surface area contributed by atoms with Gasteiger partial charge in [-0.25, -0.2) is 4.39 Å². The number of rotatable bonds is 6. The maximum Gasteiger partial charge on any atom is 0.234 e. The van der Waals surface area contributed by atoms with Crippen molar-refractivity contribution in [1.82, 2.24) is 15.5 Å². The molecule has 3 unspecified atom stereocenters. The Morgan fingerprint density at radius 1 is 1.28 bits per heavy atom. The van der Waals surface area contributed by atoms with E-state index in [4.69, 9.17) is 11.6 Å². The van der Waals surface area contributed by atoms with Crippen LogP contribution in [0.3, 0.4) is 0 Å². The second kappa shape index (κ2) is 10.2. The SMILES string of the molecule is Cc1ccc(NC(=O)CSC2NC(=O)C3CN(Cc4ccc(F)cc4)CCC3N2)cc1Cl. The van der Waals surface area contributed by atoms with Gasteiger partial charge in [-0.1, -0.05) is 29.8 Å². The number of carbonyl (C=O) groups is 2. The number of benzene rings is 2. The summed E-state index contributed by atoms with van der Waals surface area (Å²) < 4.78 is 13.1. The van der Waals surface area contributed by atoms with Gasteiger partial charge in [0, 0.05) is 36.4 Å². The second-order valence-corrected chi connectivity index (χ2v) is 9.74. The molecule has 6 nitrogen and oxygen atoms in total. The van der Waals surface area contributed by atoms with Crippen molar-refractivity contribution in [2.45, 2.75) is 31.4 Å². The van der Waals surface area contributed by atoms with E-state index in [0.29, 0.717) is 23.8 Å². The third kappa shape index (κ3) is 5.81. The van der Waals surface area contributed by atoms with Crippen molar-refractivity contribution in [2.75, 3.05) is 24.2 Å². The van der Waals surface area contributed by atoms with Gasteiger partial charge in [0.25, 0.3) is 0 Å². The van der Waals surface area contributed by atoms with Crippen LogP contribution >= 0.6 is 23.4 Å². The van der Waals surface area contributed by atoms with Crippen LogP contribution < -0.4 is 16.0 Å². The Hall–Kier alpha value is -2.13. The van der Waals surface area contributed by atoms with E-state index in [-0.39, 0.29) is 40.8 Å². The predicted molar refractivity (Wildman–Crippen MR) is 126 cm³/mol. The maximum absolute atomic E-state index is 13.1. The van der Waals surface area contributed by atoms with Gasteiger partial charge in [-0.05, 0) is 48.7 Å². The number of piperidine rings is 1. The number of anilines is 1. The topological polar surface area (TPSA) is 73.5 Å². The third-order valence-corrected chi connectivity index (χ3v) is 7.25. The van der Waals surface area contributed by atoms with Crippen molar-refractivity contribution in [3.63, 3.8) is 0 Å². The number of carbonyl (C=O) groups excluding carboxylic acids is 2. The molecule has 0 aromatic heterocycles. The Morgan fingerprint density at radius 2 is 2.06 bits per heavy atom. The van der Waals surface area contributed by atoms with Crippen molar-refractivity contribution < 1.29 is 14.0 Å². The van der Waals surface area contributed by atoms with Crippen molar-refractivity contribution >= 4 is 40.9 Å². The highest BCUT2D eigenvalue weighted by Crippen LogP contribution is 2.25. The standard InChI is InChI=1S/C23H26ClFN4O2S/c1-14-2-7-17(10-19(14)24)26-21(30)13-32-23-27-20-8-9-29(12-18(20)22(31)28-23)11-15-3-5-16(25)6-4-15/h2-7,10,18,20,23,27H,8-9,11-13H2,1H3,(H,26,30)(H,28,31). The van der Waals surface area contributed by atoms with E-state index in [2.05, 4.69) is 20.9 Å². The summed E-state index contributed by atoms with van der Waals surface area (Å²) in [6.45, 7) is 4.09. The average Bonchev–Trinajstić information content (AvgIpc) is 2.77. The molecular formula is C23H26ClFN4O2S. The summed E-state index contributed by atoms with van der Waals surface area (Å²) in [5.41, 5.74) is 2.33. The van der Waals surface area contributed by atoms with Crippen molar-refractivity contribution in [2.24, 2.45) is 5.92 Å². The first kappa shape index (κ1) is 23.0. The summed E-state index contributed by atoms with van der Waals surface area (Å²) in [7, 11) is 0. The molecule has 32 heavy (non-hydrogen) atoms. The van der Waals surface area contributed by atoms with E-state index < -0.39 is 0 Å². The number of halogens is 2. The molecule has 0 spiro atoms. The number of thioether (sulfide) groups is 1. The molecular weight excluding hydrogens is 451 g/mol. The van der Waals surface area contributed by atoms with E-state index in [1.807, 2.05) is 19.1 Å². The summed E-state index contributed by atoms with van der Waals surface area (Å²) in [5.74, 6) is -0.340. The number of aryl methyl sites for hydroxylation is 1. The number of nitrogens with zero attached hydrogens (tertiary/aromatic N) is 1. The molecule has 2 aliphatic rings. The van der Waals surface area contributed by atoms with Crippen molar-refractivity contribution in [3.05, 3.63) is 64.4 Å². The summed E-state index contributed by atoms with van der Waals surface area (Å²) >= 11 is 7.47. The fourth-order valence-corrected chi connectivity index (χ4v) is 5.11. The van der Waals surface area contributed by atoms with Crippen LogP contribution in [0.1, 0.15) is 17.5 Å². The highest BCUT2D eigenvalue weighted by Gasteiger charge is 2.39. The van der Waals surface area contributed by atoms with Gasteiger partial charge in [0.1, 0.15) is 11.3 Å². The molecule has 170 valence electrons. The summed E-state index contributed by atoms with van der Waals surface area (Å²) in [5, 5.41) is 9.89. The highest BCUT2D eigenvalue weighted by molar-refractivity contribution is 8.00. The van der Waals surface area contributed by atoms with E-state index in [1.165, 1.54) is 23.9 Å². The highest BCUT2D eigenvalue weighted by atomic mass is 35.5. The number of likely N-dealkylation sites (tertiary alicyclic amines) is 1. The molecule has 3 atom stereocenters. The quantitative estimate of drug-likeness (QED) is 0.596. The second-order valence-electron chi connectivity index (χ2n) is 8.24. The largest absolute Gasteiger partial charge is 0.331 e. The minimum absolute atomic E-state index is 0.000723. The van der Waals surface area contributed by atoms with Crippen LogP contribution in [0.4, 0.5) is 10.1 Å². The van der Waals surface area contributed by atoms with E-state index in [1.54, 1.807) is 18.2 Å². The number of nitrogens with one attached hydrogen (secondary N) is 3. The summed E-state index contributed by atoms with van der Waals surface area (Å²) in [6, 6.07) is 12.0. The lowest BCUT2D eigenvalue weighted by atomic mass is 9.89. The van der Waals surface area contributed by atoms with Gasteiger partial charge in [0.2, 0.25) is 11.8 Å². The summed E-state index contributed by atoms with van der Waals surface area (Å²) in [4.78, 5) is 27.3. The van der Waals surface area contributed by atoms with Crippen LogP contribution in [0.2, 0.25) is 5.02 Å². The number of amides is 2. The van der Waals surface area contributed by atoms with E-state index >= 15 is 0 Å². The van der Waals surface area contributed by atoms with E-state index in [0.717, 1.165) is 24.1 Å². The Morgan fingerprint density at radius 3 is 2.81 bits per heavy atom. The van der Waals surface area contributed by atoms with Gasteiger partial charge in [0.05, 0.1) is 11.7 Å². The molecule has 2 saturated heterocycles. The predicted octanol–water partition coefficient (Wildman–Crippen LogP) is 3.35. The Kier molecular flexibility index (Phi) is 7.35. The van der Waals surface area contributed by atoms with Crippen LogP contribution in [-0.4, -0.2) is 47.1 Å². The molecule has 3 N–H and O–H groups in total. The number of fused-ring (bicyclic) bond motifs is 1. The monoisotopic (exact) mass is 476 g/mol. The van der Waals surface area contributed by atoms with Gasteiger partial charge >= 0.3 is 0 Å². The normalized spacial score (nSPS) is 23.3. The minimum atomic E-state index is -0.306. The smallest absolute Gasteiger partial charge is 0.234 e. The van der Waals surface area contributed by atoms with Crippen LogP contribution in [0.5, 0.6) is 0 Å². The molecule has 4 rings (SSSR count). The van der Waals surface area contributed by atoms with Crippen LogP contribution in [0.15, 0.2) is 42.5 Å². The molecule has 9 heteroatoms.